The first-order valence-electron chi connectivity index (χ1n) is 8.58. The average Bonchev–Trinajstić information content (AvgIpc) is 2.67. The van der Waals surface area contributed by atoms with Crippen LogP contribution in [0.5, 0.6) is 11.5 Å². The van der Waals surface area contributed by atoms with Crippen LogP contribution in [0.4, 0.5) is 0 Å². The molecule has 1 heterocycles. The number of halogens is 2. The van der Waals surface area contributed by atoms with Crippen molar-refractivity contribution in [3.8, 4) is 17.6 Å². The number of rotatable bonds is 4. The highest BCUT2D eigenvalue weighted by Gasteiger charge is 2.32. The molecular formula is C17H13Cl2N3O4S. The molecule has 1 fully saturated rings. The summed E-state index contributed by atoms with van der Waals surface area (Å²) in [5.41, 5.74) is -0.0556. The van der Waals surface area contributed by atoms with Crippen molar-refractivity contribution in [2.24, 2.45) is 0 Å². The zero-order valence-electron chi connectivity index (χ0n) is 15.6. The SMILES string of the molecule is [2H]c1cc(C#N)cc(S(=O)(=O)N2CCNC(=O)C2)c1Oc1cc(Cl)c([2H])c(Cl)c1. The number of hydrogen-bond acceptors (Lipinski definition) is 5. The minimum absolute atomic E-state index is 0.0158. The van der Waals surface area contributed by atoms with Crippen LogP contribution < -0.4 is 10.1 Å². The molecule has 7 nitrogen and oxygen atoms in total. The highest BCUT2D eigenvalue weighted by atomic mass is 35.5. The van der Waals surface area contributed by atoms with Crippen LogP contribution in [0.15, 0.2) is 41.2 Å². The molecule has 3 rings (SSSR count). The van der Waals surface area contributed by atoms with Gasteiger partial charge in [-0.3, -0.25) is 4.79 Å². The summed E-state index contributed by atoms with van der Waals surface area (Å²) < 4.78 is 48.7. The second-order valence-electron chi connectivity index (χ2n) is 5.50. The highest BCUT2D eigenvalue weighted by molar-refractivity contribution is 7.89. The zero-order chi connectivity index (χ0) is 21.3. The number of carbonyl (C=O) groups is 1. The van der Waals surface area contributed by atoms with Gasteiger partial charge in [0.15, 0.2) is 0 Å². The Morgan fingerprint density at radius 2 is 2.00 bits per heavy atom. The lowest BCUT2D eigenvalue weighted by atomic mass is 10.2. The van der Waals surface area contributed by atoms with Gasteiger partial charge < -0.3 is 10.1 Å². The first-order chi connectivity index (χ1) is 13.6. The molecule has 2 aromatic rings. The fraction of sp³-hybridized carbons (Fsp3) is 0.176. The van der Waals surface area contributed by atoms with Gasteiger partial charge in [0.1, 0.15) is 16.4 Å². The third-order valence-corrected chi connectivity index (χ3v) is 5.87. The molecule has 0 atom stereocenters. The number of nitriles is 1. The van der Waals surface area contributed by atoms with Crippen molar-refractivity contribution in [1.29, 1.82) is 5.26 Å². The third-order valence-electron chi connectivity index (χ3n) is 3.62. The van der Waals surface area contributed by atoms with E-state index in [0.29, 0.717) is 0 Å². The lowest BCUT2D eigenvalue weighted by Crippen LogP contribution is -2.49. The van der Waals surface area contributed by atoms with E-state index in [-0.39, 0.29) is 52.3 Å². The number of nitrogens with zero attached hydrogens (tertiary/aromatic N) is 2. The highest BCUT2D eigenvalue weighted by Crippen LogP contribution is 2.34. The Balaban J connectivity index is 2.13. The molecule has 1 saturated heterocycles. The van der Waals surface area contributed by atoms with Crippen molar-refractivity contribution in [1.82, 2.24) is 9.62 Å². The predicted octanol–water partition coefficient (Wildman–Crippen LogP) is 2.78. The molecule has 1 N–H and O–H groups in total. The molecule has 0 spiro atoms. The maximum Gasteiger partial charge on any atom is 0.247 e. The van der Waals surface area contributed by atoms with Crippen LogP contribution in [0.25, 0.3) is 0 Å². The molecule has 2 aromatic carbocycles. The van der Waals surface area contributed by atoms with Crippen molar-refractivity contribution in [3.05, 3.63) is 52.0 Å². The van der Waals surface area contributed by atoms with Crippen LogP contribution in [0.3, 0.4) is 0 Å². The number of benzene rings is 2. The fourth-order valence-corrected chi connectivity index (χ4v) is 4.39. The largest absolute Gasteiger partial charge is 0.456 e. The molecule has 0 radical (unpaired) electrons. The number of sulfonamides is 1. The lowest BCUT2D eigenvalue weighted by Gasteiger charge is -2.26. The second-order valence-corrected chi connectivity index (χ2v) is 8.22. The molecule has 10 heteroatoms. The van der Waals surface area contributed by atoms with Crippen molar-refractivity contribution in [3.63, 3.8) is 0 Å². The Bertz CT molecular complexity index is 1130. The van der Waals surface area contributed by atoms with E-state index in [1.807, 2.05) is 0 Å². The van der Waals surface area contributed by atoms with E-state index in [0.717, 1.165) is 16.4 Å². The summed E-state index contributed by atoms with van der Waals surface area (Å²) >= 11 is 11.9. The van der Waals surface area contributed by atoms with Gasteiger partial charge in [-0.15, -0.1) is 0 Å². The molecule has 1 amide bonds. The minimum Gasteiger partial charge on any atom is -0.456 e. The van der Waals surface area contributed by atoms with Gasteiger partial charge in [-0.25, -0.2) is 8.42 Å². The third kappa shape index (κ3) is 4.34. The van der Waals surface area contributed by atoms with E-state index in [1.54, 1.807) is 6.07 Å². The summed E-state index contributed by atoms with van der Waals surface area (Å²) in [6, 6.07) is 6.08. The monoisotopic (exact) mass is 427 g/mol. The topological polar surface area (TPSA) is 99.5 Å². The summed E-state index contributed by atoms with van der Waals surface area (Å²) in [6.07, 6.45) is 0. The molecule has 1 aliphatic heterocycles. The van der Waals surface area contributed by atoms with Gasteiger partial charge in [0.25, 0.3) is 0 Å². The van der Waals surface area contributed by atoms with Gasteiger partial charge in [0.2, 0.25) is 15.9 Å². The lowest BCUT2D eigenvalue weighted by molar-refractivity contribution is -0.122. The van der Waals surface area contributed by atoms with Crippen molar-refractivity contribution < 1.29 is 20.7 Å². The summed E-state index contributed by atoms with van der Waals surface area (Å²) in [4.78, 5) is 11.2. The Hall–Kier alpha value is -2.31. The smallest absolute Gasteiger partial charge is 0.247 e. The molecular weight excluding hydrogens is 413 g/mol. The molecule has 0 aliphatic carbocycles. The second kappa shape index (κ2) is 7.74. The van der Waals surface area contributed by atoms with Gasteiger partial charge in [-0.1, -0.05) is 23.2 Å². The molecule has 0 unspecified atom stereocenters. The van der Waals surface area contributed by atoms with Crippen molar-refractivity contribution in [2.45, 2.75) is 4.90 Å². The van der Waals surface area contributed by atoms with E-state index < -0.39 is 27.4 Å². The van der Waals surface area contributed by atoms with Crippen molar-refractivity contribution >= 4 is 39.1 Å². The zero-order valence-corrected chi connectivity index (χ0v) is 16.0. The number of piperazine rings is 1. The minimum atomic E-state index is -4.26. The summed E-state index contributed by atoms with van der Waals surface area (Å²) in [5, 5.41) is 11.7. The van der Waals surface area contributed by atoms with Gasteiger partial charge in [0.05, 0.1) is 20.9 Å². The Morgan fingerprint density at radius 1 is 1.30 bits per heavy atom. The number of amides is 1. The van der Waals surface area contributed by atoms with E-state index >= 15 is 0 Å². The van der Waals surface area contributed by atoms with E-state index in [2.05, 4.69) is 5.32 Å². The number of hydrogen-bond donors (Lipinski definition) is 1. The van der Waals surface area contributed by atoms with Crippen LogP contribution in [-0.2, 0) is 14.8 Å². The normalized spacial score (nSPS) is 16.1. The van der Waals surface area contributed by atoms with Crippen molar-refractivity contribution in [2.75, 3.05) is 19.6 Å². The quantitative estimate of drug-likeness (QED) is 0.808. The Labute approximate surface area is 168 Å². The first kappa shape index (κ1) is 16.8. The average molecular weight is 428 g/mol. The number of nitrogens with one attached hydrogen (secondary N) is 1. The summed E-state index contributed by atoms with van der Waals surface area (Å²) in [5.74, 6) is -0.795. The molecule has 0 bridgehead atoms. The van der Waals surface area contributed by atoms with E-state index in [4.69, 9.17) is 30.7 Å². The molecule has 140 valence electrons. The van der Waals surface area contributed by atoms with Crippen LogP contribution in [0, 0.1) is 11.3 Å². The van der Waals surface area contributed by atoms with E-state index in [9.17, 15) is 18.5 Å². The van der Waals surface area contributed by atoms with Gasteiger partial charge >= 0.3 is 0 Å². The van der Waals surface area contributed by atoms with Crippen LogP contribution in [0.2, 0.25) is 10.0 Å². The summed E-state index contributed by atoms with van der Waals surface area (Å²) in [6.45, 7) is -0.226. The van der Waals surface area contributed by atoms with E-state index in [1.165, 1.54) is 12.1 Å². The van der Waals surface area contributed by atoms with Gasteiger partial charge in [-0.2, -0.15) is 9.57 Å². The molecule has 1 aliphatic rings. The summed E-state index contributed by atoms with van der Waals surface area (Å²) in [7, 11) is -4.26. The molecule has 27 heavy (non-hydrogen) atoms. The number of carbonyl (C=O) groups excluding carboxylic acids is 1. The first-order valence-corrected chi connectivity index (χ1v) is 9.78. The van der Waals surface area contributed by atoms with Crippen LogP contribution in [-0.4, -0.2) is 38.3 Å². The van der Waals surface area contributed by atoms with Crippen LogP contribution >= 0.6 is 23.2 Å². The fourth-order valence-electron chi connectivity index (χ4n) is 2.41. The van der Waals surface area contributed by atoms with Gasteiger partial charge in [0, 0.05) is 23.1 Å². The van der Waals surface area contributed by atoms with Gasteiger partial charge in [-0.05, 0) is 36.4 Å². The molecule has 0 aromatic heterocycles. The standard InChI is InChI=1S/C17H13Cl2N3O4S/c18-12-6-13(19)8-14(7-12)26-15-2-1-11(9-20)5-16(15)27(24,25)22-4-3-21-17(23)10-22/h1-2,5-8H,3-4,10H2,(H,21,23)/i2D,6D. The maximum absolute atomic E-state index is 13.1. The Morgan fingerprint density at radius 3 is 2.63 bits per heavy atom. The van der Waals surface area contributed by atoms with Crippen LogP contribution in [0.1, 0.15) is 8.30 Å². The number of ether oxygens (including phenoxy) is 1. The maximum atomic E-state index is 13.1. The Kier molecular flexibility index (Phi) is 4.83. The predicted molar refractivity (Wildman–Crippen MR) is 99.5 cm³/mol. The molecule has 0 saturated carbocycles.